The van der Waals surface area contributed by atoms with Crippen molar-refractivity contribution in [2.45, 2.75) is 12.1 Å². The molecule has 3 aliphatic heterocycles. The van der Waals surface area contributed by atoms with Gasteiger partial charge < -0.3 is 9.80 Å². The zero-order valence-corrected chi connectivity index (χ0v) is 15.3. The van der Waals surface area contributed by atoms with Crippen LogP contribution in [-0.4, -0.2) is 40.5 Å². The molecule has 27 heavy (non-hydrogen) atoms. The zero-order valence-electron chi connectivity index (χ0n) is 14.5. The number of nitrogens with zero attached hydrogens (tertiary/aromatic N) is 2. The second-order valence-corrected chi connectivity index (χ2v) is 7.98. The van der Waals surface area contributed by atoms with E-state index in [0.717, 1.165) is 22.6 Å². The van der Waals surface area contributed by atoms with Crippen LogP contribution in [0.4, 0.5) is 4.39 Å². The van der Waals surface area contributed by atoms with Crippen LogP contribution in [0.25, 0.3) is 0 Å². The fourth-order valence-corrected chi connectivity index (χ4v) is 5.61. The molecule has 0 aliphatic carbocycles. The Hall–Kier alpha value is -2.60. The number of halogens is 1. The molecular weight excluding hydrogens is 363 g/mol. The summed E-state index contributed by atoms with van der Waals surface area (Å²) in [6, 6.07) is 13.2. The van der Waals surface area contributed by atoms with E-state index in [9.17, 15) is 14.0 Å². The van der Waals surface area contributed by atoms with E-state index in [2.05, 4.69) is 6.08 Å². The molecule has 0 spiro atoms. The Labute approximate surface area is 160 Å². The lowest BCUT2D eigenvalue weighted by Gasteiger charge is -2.40. The van der Waals surface area contributed by atoms with Crippen molar-refractivity contribution in [1.29, 1.82) is 0 Å². The Balaban J connectivity index is 1.70. The second kappa shape index (κ2) is 5.96. The molecule has 1 saturated heterocycles. The largest absolute Gasteiger partial charge is 0.305 e. The number of allylic oxidation sites excluding steroid dienone is 1. The molecule has 2 aromatic rings. The minimum absolute atomic E-state index is 0.0339. The molecule has 0 radical (unpaired) electrons. The number of thioether (sulfide) groups is 1. The summed E-state index contributed by atoms with van der Waals surface area (Å²) in [6.07, 6.45) is 3.06. The van der Waals surface area contributed by atoms with Crippen LogP contribution in [0, 0.1) is 5.82 Å². The van der Waals surface area contributed by atoms with E-state index in [0.29, 0.717) is 24.2 Å². The van der Waals surface area contributed by atoms with Crippen LogP contribution in [-0.2, 0) is 5.66 Å². The molecule has 6 heteroatoms. The molecule has 1 atom stereocenters. The van der Waals surface area contributed by atoms with Gasteiger partial charge in [0.25, 0.3) is 11.8 Å². The lowest BCUT2D eigenvalue weighted by Crippen LogP contribution is -2.51. The van der Waals surface area contributed by atoms with Crippen molar-refractivity contribution in [3.8, 4) is 0 Å². The van der Waals surface area contributed by atoms with Crippen molar-refractivity contribution in [1.82, 2.24) is 9.80 Å². The smallest absolute Gasteiger partial charge is 0.256 e. The molecule has 3 heterocycles. The van der Waals surface area contributed by atoms with Gasteiger partial charge in [0, 0.05) is 40.4 Å². The van der Waals surface area contributed by atoms with E-state index >= 15 is 0 Å². The third-order valence-corrected chi connectivity index (χ3v) is 6.69. The lowest BCUT2D eigenvalue weighted by molar-refractivity contribution is 0.0389. The van der Waals surface area contributed by atoms with Gasteiger partial charge in [-0.15, -0.1) is 11.8 Å². The van der Waals surface area contributed by atoms with Gasteiger partial charge in [0.1, 0.15) is 5.82 Å². The summed E-state index contributed by atoms with van der Waals surface area (Å²) < 4.78 is 13.3. The maximum Gasteiger partial charge on any atom is 0.256 e. The monoisotopic (exact) mass is 380 g/mol. The van der Waals surface area contributed by atoms with Crippen molar-refractivity contribution in [2.24, 2.45) is 0 Å². The van der Waals surface area contributed by atoms with Gasteiger partial charge in [0.2, 0.25) is 0 Å². The first-order valence-electron chi connectivity index (χ1n) is 8.96. The lowest BCUT2D eigenvalue weighted by atomic mass is 9.95. The molecule has 1 unspecified atom stereocenters. The Kier molecular flexibility index (Phi) is 3.65. The van der Waals surface area contributed by atoms with Crippen molar-refractivity contribution >= 4 is 23.6 Å². The predicted molar refractivity (Wildman–Crippen MR) is 102 cm³/mol. The third-order valence-electron chi connectivity index (χ3n) is 5.49. The van der Waals surface area contributed by atoms with Crippen LogP contribution in [0.5, 0.6) is 0 Å². The minimum atomic E-state index is -0.875. The van der Waals surface area contributed by atoms with Crippen LogP contribution in [0.3, 0.4) is 0 Å². The van der Waals surface area contributed by atoms with Gasteiger partial charge in [-0.2, -0.15) is 0 Å². The predicted octanol–water partition coefficient (Wildman–Crippen LogP) is 3.61. The first kappa shape index (κ1) is 16.6. The molecule has 1 fully saturated rings. The van der Waals surface area contributed by atoms with Gasteiger partial charge in [-0.05, 0) is 36.8 Å². The second-order valence-electron chi connectivity index (χ2n) is 6.84. The maximum absolute atomic E-state index is 13.4. The number of benzene rings is 2. The quantitative estimate of drug-likeness (QED) is 0.799. The number of carbonyl (C=O) groups excluding carboxylic acids is 2. The summed E-state index contributed by atoms with van der Waals surface area (Å²) in [7, 11) is 0. The van der Waals surface area contributed by atoms with Crippen LogP contribution in [0.1, 0.15) is 32.7 Å². The van der Waals surface area contributed by atoms with E-state index in [1.807, 2.05) is 29.2 Å². The van der Waals surface area contributed by atoms with E-state index in [4.69, 9.17) is 0 Å². The number of fused-ring (bicyclic) bond motifs is 3. The van der Waals surface area contributed by atoms with Gasteiger partial charge in [-0.3, -0.25) is 9.59 Å². The zero-order chi connectivity index (χ0) is 18.6. The van der Waals surface area contributed by atoms with Gasteiger partial charge in [-0.1, -0.05) is 24.3 Å². The first-order valence-corrected chi connectivity index (χ1v) is 9.95. The molecule has 0 aromatic heterocycles. The molecule has 0 bridgehead atoms. The number of rotatable bonds is 2. The van der Waals surface area contributed by atoms with Crippen LogP contribution in [0.2, 0.25) is 0 Å². The highest BCUT2D eigenvalue weighted by Crippen LogP contribution is 2.54. The van der Waals surface area contributed by atoms with Gasteiger partial charge in [0.15, 0.2) is 5.66 Å². The van der Waals surface area contributed by atoms with Crippen LogP contribution in [0.15, 0.2) is 59.5 Å². The number of carbonyl (C=O) groups is 2. The van der Waals surface area contributed by atoms with E-state index in [-0.39, 0.29) is 17.6 Å². The Morgan fingerprint density at radius 3 is 2.59 bits per heavy atom. The van der Waals surface area contributed by atoms with E-state index < -0.39 is 5.66 Å². The summed E-state index contributed by atoms with van der Waals surface area (Å²) in [4.78, 5) is 31.1. The van der Waals surface area contributed by atoms with Gasteiger partial charge in [0.05, 0.1) is 0 Å². The molecular formula is C21H17FN2O2S. The molecule has 2 amide bonds. The molecule has 2 aromatic carbocycles. The summed E-state index contributed by atoms with van der Waals surface area (Å²) in [6.45, 7) is 0.937. The first-order chi connectivity index (χ1) is 13.1. The highest BCUT2D eigenvalue weighted by molar-refractivity contribution is 8.03. The average molecular weight is 380 g/mol. The topological polar surface area (TPSA) is 40.6 Å². The Bertz CT molecular complexity index is 988. The molecule has 136 valence electrons. The van der Waals surface area contributed by atoms with Crippen molar-refractivity contribution in [3.63, 3.8) is 0 Å². The summed E-state index contributed by atoms with van der Waals surface area (Å²) in [5.41, 5.74) is 1.07. The normalized spacial score (nSPS) is 23.4. The SMILES string of the molecule is O=C(c1ccc(F)cc1)N1CCN2C(=O)c3ccccc3C12C1=CCCS1. The highest BCUT2D eigenvalue weighted by Gasteiger charge is 2.61. The summed E-state index contributed by atoms with van der Waals surface area (Å²) >= 11 is 1.70. The Morgan fingerprint density at radius 1 is 1.07 bits per heavy atom. The standard InChI is InChI=1S/C21H17FN2O2S/c22-15-9-7-14(8-10-15)19(25)23-11-12-24-20(26)16-4-1-2-5-17(16)21(23,24)18-6-3-13-27-18/h1-2,4-10H,3,11-13H2. The number of amides is 2. The Morgan fingerprint density at radius 2 is 1.85 bits per heavy atom. The fraction of sp³-hybridized carbons (Fsp3) is 0.238. The van der Waals surface area contributed by atoms with E-state index in [1.165, 1.54) is 24.3 Å². The molecule has 3 aliphatic rings. The minimum Gasteiger partial charge on any atom is -0.305 e. The highest BCUT2D eigenvalue weighted by atomic mass is 32.2. The summed E-state index contributed by atoms with van der Waals surface area (Å²) in [5, 5.41) is 0. The molecule has 5 rings (SSSR count). The van der Waals surface area contributed by atoms with Crippen molar-refractivity contribution in [3.05, 3.63) is 82.0 Å². The fourth-order valence-electron chi connectivity index (χ4n) is 4.38. The molecule has 4 nitrogen and oxygen atoms in total. The number of hydrogen-bond donors (Lipinski definition) is 0. The van der Waals surface area contributed by atoms with E-state index in [1.54, 1.807) is 16.7 Å². The number of hydrogen-bond acceptors (Lipinski definition) is 3. The van der Waals surface area contributed by atoms with Crippen LogP contribution >= 0.6 is 11.8 Å². The van der Waals surface area contributed by atoms with Gasteiger partial charge in [-0.25, -0.2) is 4.39 Å². The van der Waals surface area contributed by atoms with Gasteiger partial charge >= 0.3 is 0 Å². The molecule has 0 N–H and O–H groups in total. The average Bonchev–Trinajstić information content (AvgIpc) is 3.39. The molecule has 0 saturated carbocycles. The maximum atomic E-state index is 13.4. The summed E-state index contributed by atoms with van der Waals surface area (Å²) in [5.74, 6) is 0.350. The van der Waals surface area contributed by atoms with Crippen molar-refractivity contribution < 1.29 is 14.0 Å². The third kappa shape index (κ3) is 2.16. The van der Waals surface area contributed by atoms with Crippen molar-refractivity contribution in [2.75, 3.05) is 18.8 Å². The van der Waals surface area contributed by atoms with Crippen LogP contribution < -0.4 is 0 Å².